The van der Waals surface area contributed by atoms with Crippen LogP contribution in [0.2, 0.25) is 0 Å². The molecule has 2 amide bonds. The van der Waals surface area contributed by atoms with Gasteiger partial charge in [-0.15, -0.1) is 0 Å². The molecule has 7 heteroatoms. The molecule has 29 heavy (non-hydrogen) atoms. The molecule has 2 N–H and O–H groups in total. The largest absolute Gasteiger partial charge is 0.352 e. The van der Waals surface area contributed by atoms with Crippen molar-refractivity contribution >= 4 is 27.7 Å². The minimum atomic E-state index is -0.223. The molecule has 6 nitrogen and oxygen atoms in total. The van der Waals surface area contributed by atoms with E-state index in [2.05, 4.69) is 31.7 Å². The van der Waals surface area contributed by atoms with Crippen molar-refractivity contribution in [2.24, 2.45) is 0 Å². The summed E-state index contributed by atoms with van der Waals surface area (Å²) in [5, 5.41) is 10.2. The van der Waals surface area contributed by atoms with Crippen LogP contribution in [-0.2, 0) is 11.3 Å². The second kappa shape index (κ2) is 9.52. The molecule has 0 spiro atoms. The van der Waals surface area contributed by atoms with Gasteiger partial charge in [-0.05, 0) is 43.7 Å². The standard InChI is InChI=1S/C22H23BrN4O2/c1-15-21(16(2)27(26-15)19-10-8-18(23)9-11-19)22(29)24-13-12-20(28)25-14-17-6-4-3-5-7-17/h3-11H,12-14H2,1-2H3,(H,24,29)(H,25,28). The summed E-state index contributed by atoms with van der Waals surface area (Å²) in [4.78, 5) is 24.6. The SMILES string of the molecule is Cc1nn(-c2ccc(Br)cc2)c(C)c1C(=O)NCCC(=O)NCc1ccccc1. The third-order valence-electron chi connectivity index (χ3n) is 4.56. The molecule has 0 unspecified atom stereocenters. The van der Waals surface area contributed by atoms with Gasteiger partial charge in [-0.25, -0.2) is 4.68 Å². The summed E-state index contributed by atoms with van der Waals surface area (Å²) in [5.41, 5.74) is 3.87. The van der Waals surface area contributed by atoms with Crippen LogP contribution in [0.1, 0.15) is 33.7 Å². The van der Waals surface area contributed by atoms with Crippen LogP contribution in [0.25, 0.3) is 5.69 Å². The van der Waals surface area contributed by atoms with Gasteiger partial charge in [0.1, 0.15) is 0 Å². The molecule has 150 valence electrons. The maximum atomic E-state index is 12.6. The Morgan fingerprint density at radius 2 is 1.69 bits per heavy atom. The van der Waals surface area contributed by atoms with Gasteiger partial charge in [0.05, 0.1) is 22.6 Å². The second-order valence-corrected chi connectivity index (χ2v) is 7.62. The number of nitrogens with zero attached hydrogens (tertiary/aromatic N) is 2. The van der Waals surface area contributed by atoms with Crippen molar-refractivity contribution in [3.8, 4) is 5.69 Å². The Kier molecular flexibility index (Phi) is 6.82. The lowest BCUT2D eigenvalue weighted by Crippen LogP contribution is -2.31. The van der Waals surface area contributed by atoms with Gasteiger partial charge in [0, 0.05) is 24.0 Å². The van der Waals surface area contributed by atoms with E-state index in [0.29, 0.717) is 17.8 Å². The number of rotatable bonds is 7. The maximum Gasteiger partial charge on any atom is 0.255 e. The molecule has 1 heterocycles. The van der Waals surface area contributed by atoms with Gasteiger partial charge < -0.3 is 10.6 Å². The van der Waals surface area contributed by atoms with E-state index >= 15 is 0 Å². The maximum absolute atomic E-state index is 12.6. The molecular weight excluding hydrogens is 432 g/mol. The quantitative estimate of drug-likeness (QED) is 0.571. The molecule has 0 saturated carbocycles. The number of amides is 2. The van der Waals surface area contributed by atoms with Gasteiger partial charge in [0.2, 0.25) is 5.91 Å². The summed E-state index contributed by atoms with van der Waals surface area (Å²) >= 11 is 3.42. The van der Waals surface area contributed by atoms with Crippen molar-refractivity contribution in [3.05, 3.63) is 81.6 Å². The second-order valence-electron chi connectivity index (χ2n) is 6.70. The van der Waals surface area contributed by atoms with E-state index in [9.17, 15) is 9.59 Å². The Morgan fingerprint density at radius 1 is 1.00 bits per heavy atom. The van der Waals surface area contributed by atoms with Crippen LogP contribution in [0.3, 0.4) is 0 Å². The van der Waals surface area contributed by atoms with Crippen LogP contribution in [0.5, 0.6) is 0 Å². The molecule has 0 radical (unpaired) electrons. The van der Waals surface area contributed by atoms with E-state index in [-0.39, 0.29) is 24.8 Å². The van der Waals surface area contributed by atoms with Crippen molar-refractivity contribution in [2.75, 3.05) is 6.54 Å². The van der Waals surface area contributed by atoms with E-state index in [1.54, 1.807) is 4.68 Å². The number of aryl methyl sites for hydroxylation is 1. The van der Waals surface area contributed by atoms with Crippen molar-refractivity contribution in [2.45, 2.75) is 26.8 Å². The van der Waals surface area contributed by atoms with Crippen LogP contribution in [0.4, 0.5) is 0 Å². The van der Waals surface area contributed by atoms with Crippen molar-refractivity contribution < 1.29 is 9.59 Å². The van der Waals surface area contributed by atoms with Crippen molar-refractivity contribution in [3.63, 3.8) is 0 Å². The number of carbonyl (C=O) groups excluding carboxylic acids is 2. The first-order valence-corrected chi connectivity index (χ1v) is 10.2. The first-order chi connectivity index (χ1) is 14.0. The van der Waals surface area contributed by atoms with Gasteiger partial charge in [0.25, 0.3) is 5.91 Å². The first-order valence-electron chi connectivity index (χ1n) is 9.36. The Labute approximate surface area is 178 Å². The summed E-state index contributed by atoms with van der Waals surface area (Å²) in [7, 11) is 0. The summed E-state index contributed by atoms with van der Waals surface area (Å²) in [6, 6.07) is 17.4. The highest BCUT2D eigenvalue weighted by atomic mass is 79.9. The van der Waals surface area contributed by atoms with Gasteiger partial charge >= 0.3 is 0 Å². The fourth-order valence-corrected chi connectivity index (χ4v) is 3.33. The molecule has 0 aliphatic rings. The molecule has 0 saturated heterocycles. The molecule has 0 aliphatic carbocycles. The smallest absolute Gasteiger partial charge is 0.255 e. The predicted octanol–water partition coefficient (Wildman–Crippen LogP) is 3.69. The Bertz CT molecular complexity index is 998. The molecule has 3 rings (SSSR count). The zero-order chi connectivity index (χ0) is 20.8. The molecule has 1 aromatic heterocycles. The highest BCUT2D eigenvalue weighted by Crippen LogP contribution is 2.19. The Morgan fingerprint density at radius 3 is 2.38 bits per heavy atom. The minimum absolute atomic E-state index is 0.104. The van der Waals surface area contributed by atoms with Crippen LogP contribution >= 0.6 is 15.9 Å². The van der Waals surface area contributed by atoms with Crippen molar-refractivity contribution in [1.29, 1.82) is 0 Å². The zero-order valence-electron chi connectivity index (χ0n) is 16.4. The summed E-state index contributed by atoms with van der Waals surface area (Å²) in [6.07, 6.45) is 0.220. The molecule has 0 aliphatic heterocycles. The first kappa shape index (κ1) is 20.8. The molecular formula is C22H23BrN4O2. The van der Waals surface area contributed by atoms with Crippen LogP contribution in [-0.4, -0.2) is 28.1 Å². The van der Waals surface area contributed by atoms with E-state index in [1.165, 1.54) is 0 Å². The lowest BCUT2D eigenvalue weighted by Gasteiger charge is -2.08. The molecule has 0 atom stereocenters. The fourth-order valence-electron chi connectivity index (χ4n) is 3.07. The summed E-state index contributed by atoms with van der Waals surface area (Å²) in [5.74, 6) is -0.327. The predicted molar refractivity (Wildman–Crippen MR) is 116 cm³/mol. The average Bonchev–Trinajstić information content (AvgIpc) is 3.02. The normalized spacial score (nSPS) is 10.6. The van der Waals surface area contributed by atoms with Gasteiger partial charge in [-0.1, -0.05) is 46.3 Å². The molecule has 3 aromatic rings. The molecule has 0 fully saturated rings. The van der Waals surface area contributed by atoms with E-state index in [4.69, 9.17) is 0 Å². The van der Waals surface area contributed by atoms with Gasteiger partial charge in [0.15, 0.2) is 0 Å². The lowest BCUT2D eigenvalue weighted by atomic mass is 10.2. The Hall–Kier alpha value is -2.93. The number of halogens is 1. The van der Waals surface area contributed by atoms with Crippen LogP contribution < -0.4 is 10.6 Å². The number of hydrogen-bond acceptors (Lipinski definition) is 3. The van der Waals surface area contributed by atoms with Gasteiger partial charge in [-0.3, -0.25) is 9.59 Å². The third kappa shape index (κ3) is 5.32. The highest BCUT2D eigenvalue weighted by Gasteiger charge is 2.19. The van der Waals surface area contributed by atoms with Crippen molar-refractivity contribution in [1.82, 2.24) is 20.4 Å². The van der Waals surface area contributed by atoms with Crippen LogP contribution in [0, 0.1) is 13.8 Å². The summed E-state index contributed by atoms with van der Waals surface area (Å²) < 4.78 is 2.73. The monoisotopic (exact) mass is 454 g/mol. The Balaban J connectivity index is 1.55. The number of aromatic nitrogens is 2. The summed E-state index contributed by atoms with van der Waals surface area (Å²) in [6.45, 7) is 4.42. The third-order valence-corrected chi connectivity index (χ3v) is 5.09. The molecule has 0 bridgehead atoms. The van der Waals surface area contributed by atoms with E-state index in [0.717, 1.165) is 21.4 Å². The van der Waals surface area contributed by atoms with Gasteiger partial charge in [-0.2, -0.15) is 5.10 Å². The number of nitrogens with one attached hydrogen (secondary N) is 2. The minimum Gasteiger partial charge on any atom is -0.352 e. The zero-order valence-corrected chi connectivity index (χ0v) is 18.0. The topological polar surface area (TPSA) is 76.0 Å². The van der Waals surface area contributed by atoms with Crippen LogP contribution in [0.15, 0.2) is 59.1 Å². The lowest BCUT2D eigenvalue weighted by molar-refractivity contribution is -0.121. The number of hydrogen-bond donors (Lipinski definition) is 2. The fraction of sp³-hybridized carbons (Fsp3) is 0.227. The average molecular weight is 455 g/mol. The number of benzene rings is 2. The highest BCUT2D eigenvalue weighted by molar-refractivity contribution is 9.10. The van der Waals surface area contributed by atoms with E-state index < -0.39 is 0 Å². The molecule has 2 aromatic carbocycles. The number of carbonyl (C=O) groups is 2. The van der Waals surface area contributed by atoms with E-state index in [1.807, 2.05) is 68.4 Å².